The lowest BCUT2D eigenvalue weighted by Crippen LogP contribution is -2.27. The lowest BCUT2D eigenvalue weighted by Gasteiger charge is -2.31. The molecule has 0 aliphatic heterocycles. The van der Waals surface area contributed by atoms with Crippen LogP contribution in [-0.4, -0.2) is 11.5 Å². The predicted octanol–water partition coefficient (Wildman–Crippen LogP) is 4.96. The maximum Gasteiger partial charge on any atom is 0.0702 e. The van der Waals surface area contributed by atoms with Crippen molar-refractivity contribution < 1.29 is 0 Å². The van der Waals surface area contributed by atoms with E-state index in [0.717, 1.165) is 18.5 Å². The van der Waals surface area contributed by atoms with Gasteiger partial charge < -0.3 is 5.32 Å². The second-order valence-electron chi connectivity index (χ2n) is 7.07. The standard InChI is InChI=1S/C19H28N2/c1-6-20-18(11-14(2)19(3,4)5)16-12-15-9-7-8-10-17(15)21-13-16/h7-10,12-14,18,20H,6,11H2,1-5H3. The lowest BCUT2D eigenvalue weighted by molar-refractivity contribution is 0.224. The van der Waals surface area contributed by atoms with E-state index in [1.54, 1.807) is 0 Å². The first kappa shape index (κ1) is 16.0. The number of nitrogens with zero attached hydrogens (tertiary/aromatic N) is 1. The van der Waals surface area contributed by atoms with Crippen LogP contribution < -0.4 is 5.32 Å². The van der Waals surface area contributed by atoms with Gasteiger partial charge in [-0.15, -0.1) is 0 Å². The Bertz CT molecular complexity index is 583. The van der Waals surface area contributed by atoms with Gasteiger partial charge in [0.2, 0.25) is 0 Å². The fraction of sp³-hybridized carbons (Fsp3) is 0.526. The molecular formula is C19H28N2. The molecule has 0 spiro atoms. The Morgan fingerprint density at radius 1 is 1.19 bits per heavy atom. The van der Waals surface area contributed by atoms with Gasteiger partial charge in [0.1, 0.15) is 0 Å². The van der Waals surface area contributed by atoms with E-state index in [2.05, 4.69) is 69.2 Å². The summed E-state index contributed by atoms with van der Waals surface area (Å²) in [5.74, 6) is 0.646. The Labute approximate surface area is 129 Å². The van der Waals surface area contributed by atoms with Crippen LogP contribution in [0.5, 0.6) is 0 Å². The summed E-state index contributed by atoms with van der Waals surface area (Å²) in [5, 5.41) is 4.85. The van der Waals surface area contributed by atoms with Crippen molar-refractivity contribution in [3.05, 3.63) is 42.1 Å². The Hall–Kier alpha value is -1.41. The summed E-state index contributed by atoms with van der Waals surface area (Å²) in [6.07, 6.45) is 3.17. The Morgan fingerprint density at radius 2 is 1.90 bits per heavy atom. The van der Waals surface area contributed by atoms with Crippen LogP contribution in [0.1, 0.15) is 52.6 Å². The molecule has 0 saturated heterocycles. The molecule has 1 aromatic heterocycles. The summed E-state index contributed by atoms with van der Waals surface area (Å²) >= 11 is 0. The number of benzene rings is 1. The molecule has 0 aliphatic carbocycles. The van der Waals surface area contributed by atoms with Crippen molar-refractivity contribution in [2.75, 3.05) is 6.54 Å². The highest BCUT2D eigenvalue weighted by Crippen LogP contribution is 2.33. The lowest BCUT2D eigenvalue weighted by atomic mass is 9.77. The van der Waals surface area contributed by atoms with Gasteiger partial charge in [-0.2, -0.15) is 0 Å². The maximum absolute atomic E-state index is 4.61. The molecule has 2 atom stereocenters. The first-order valence-electron chi connectivity index (χ1n) is 8.00. The fourth-order valence-electron chi connectivity index (χ4n) is 2.57. The molecule has 0 bridgehead atoms. The van der Waals surface area contributed by atoms with Gasteiger partial charge in [0.15, 0.2) is 0 Å². The van der Waals surface area contributed by atoms with E-state index in [9.17, 15) is 0 Å². The topological polar surface area (TPSA) is 24.9 Å². The van der Waals surface area contributed by atoms with Crippen molar-refractivity contribution in [2.45, 2.75) is 47.1 Å². The van der Waals surface area contributed by atoms with Crippen molar-refractivity contribution in [1.82, 2.24) is 10.3 Å². The monoisotopic (exact) mass is 284 g/mol. The normalized spacial score (nSPS) is 15.1. The van der Waals surface area contributed by atoms with Crippen LogP contribution in [0.15, 0.2) is 36.5 Å². The highest BCUT2D eigenvalue weighted by Gasteiger charge is 2.24. The summed E-state index contributed by atoms with van der Waals surface area (Å²) in [5.41, 5.74) is 2.70. The van der Waals surface area contributed by atoms with Crippen LogP contribution in [-0.2, 0) is 0 Å². The molecule has 2 nitrogen and oxygen atoms in total. The van der Waals surface area contributed by atoms with E-state index in [0.29, 0.717) is 17.4 Å². The van der Waals surface area contributed by atoms with E-state index in [-0.39, 0.29) is 0 Å². The number of hydrogen-bond donors (Lipinski definition) is 1. The second-order valence-corrected chi connectivity index (χ2v) is 7.07. The fourth-order valence-corrected chi connectivity index (χ4v) is 2.57. The first-order valence-corrected chi connectivity index (χ1v) is 8.00. The minimum atomic E-state index is 0.331. The third-order valence-corrected chi connectivity index (χ3v) is 4.53. The summed E-state index contributed by atoms with van der Waals surface area (Å²) < 4.78 is 0. The highest BCUT2D eigenvalue weighted by molar-refractivity contribution is 5.78. The third-order valence-electron chi connectivity index (χ3n) is 4.53. The molecule has 21 heavy (non-hydrogen) atoms. The molecule has 2 rings (SSSR count). The van der Waals surface area contributed by atoms with Crippen molar-refractivity contribution in [2.24, 2.45) is 11.3 Å². The number of aromatic nitrogens is 1. The molecule has 114 valence electrons. The summed E-state index contributed by atoms with van der Waals surface area (Å²) in [6.45, 7) is 12.5. The first-order chi connectivity index (χ1) is 9.91. The van der Waals surface area contributed by atoms with Crippen LogP contribution in [0.3, 0.4) is 0 Å². The molecule has 2 aromatic rings. The SMILES string of the molecule is CCNC(CC(C)C(C)(C)C)c1cnc2ccccc2c1. The van der Waals surface area contributed by atoms with Crippen LogP contribution in [0.4, 0.5) is 0 Å². The molecule has 1 N–H and O–H groups in total. The van der Waals surface area contributed by atoms with Crippen LogP contribution in [0.25, 0.3) is 10.9 Å². The highest BCUT2D eigenvalue weighted by atomic mass is 14.9. The Morgan fingerprint density at radius 3 is 2.57 bits per heavy atom. The van der Waals surface area contributed by atoms with Gasteiger partial charge in [0.25, 0.3) is 0 Å². The summed E-state index contributed by atoms with van der Waals surface area (Å²) in [6, 6.07) is 11.0. The van der Waals surface area contributed by atoms with Crippen molar-refractivity contribution in [1.29, 1.82) is 0 Å². The average Bonchev–Trinajstić information content (AvgIpc) is 2.45. The van der Waals surface area contributed by atoms with E-state index in [4.69, 9.17) is 0 Å². The zero-order chi connectivity index (χ0) is 15.5. The molecule has 0 saturated carbocycles. The van der Waals surface area contributed by atoms with Crippen LogP contribution >= 0.6 is 0 Å². The zero-order valence-corrected chi connectivity index (χ0v) is 14.0. The Kier molecular flexibility index (Phi) is 5.00. The van der Waals surface area contributed by atoms with E-state index in [1.165, 1.54) is 10.9 Å². The molecule has 0 fully saturated rings. The van der Waals surface area contributed by atoms with Crippen LogP contribution in [0, 0.1) is 11.3 Å². The van der Waals surface area contributed by atoms with Gasteiger partial charge in [-0.3, -0.25) is 4.98 Å². The quantitative estimate of drug-likeness (QED) is 0.839. The van der Waals surface area contributed by atoms with Gasteiger partial charge in [-0.25, -0.2) is 0 Å². The molecule has 2 unspecified atom stereocenters. The molecule has 0 amide bonds. The molecule has 0 radical (unpaired) electrons. The molecule has 1 heterocycles. The van der Waals surface area contributed by atoms with Gasteiger partial charge in [0, 0.05) is 17.6 Å². The summed E-state index contributed by atoms with van der Waals surface area (Å²) in [7, 11) is 0. The van der Waals surface area contributed by atoms with Gasteiger partial charge >= 0.3 is 0 Å². The Balaban J connectivity index is 2.27. The molecular weight excluding hydrogens is 256 g/mol. The van der Waals surface area contributed by atoms with Crippen LogP contribution in [0.2, 0.25) is 0 Å². The number of hydrogen-bond acceptors (Lipinski definition) is 2. The van der Waals surface area contributed by atoms with E-state index in [1.807, 2.05) is 12.3 Å². The minimum Gasteiger partial charge on any atom is -0.310 e. The van der Waals surface area contributed by atoms with E-state index < -0.39 is 0 Å². The van der Waals surface area contributed by atoms with Gasteiger partial charge in [-0.1, -0.05) is 52.8 Å². The third kappa shape index (κ3) is 4.04. The number of para-hydroxylation sites is 1. The average molecular weight is 284 g/mol. The molecule has 2 heteroatoms. The van der Waals surface area contributed by atoms with E-state index >= 15 is 0 Å². The smallest absolute Gasteiger partial charge is 0.0702 e. The maximum atomic E-state index is 4.61. The van der Waals surface area contributed by atoms with Crippen molar-refractivity contribution in [3.8, 4) is 0 Å². The number of nitrogens with one attached hydrogen (secondary N) is 1. The number of rotatable bonds is 5. The second kappa shape index (κ2) is 6.57. The number of pyridine rings is 1. The summed E-state index contributed by atoms with van der Waals surface area (Å²) in [4.78, 5) is 4.61. The molecule has 0 aliphatic rings. The number of fused-ring (bicyclic) bond motifs is 1. The largest absolute Gasteiger partial charge is 0.310 e. The molecule has 1 aromatic carbocycles. The van der Waals surface area contributed by atoms with Gasteiger partial charge in [-0.05, 0) is 42.0 Å². The zero-order valence-electron chi connectivity index (χ0n) is 14.0. The van der Waals surface area contributed by atoms with Crippen molar-refractivity contribution >= 4 is 10.9 Å². The predicted molar refractivity (Wildman–Crippen MR) is 91.4 cm³/mol. The van der Waals surface area contributed by atoms with Gasteiger partial charge in [0.05, 0.1) is 5.52 Å². The minimum absolute atomic E-state index is 0.331. The van der Waals surface area contributed by atoms with Crippen molar-refractivity contribution in [3.63, 3.8) is 0 Å².